The lowest BCUT2D eigenvalue weighted by molar-refractivity contribution is -0.138. The first kappa shape index (κ1) is 20.0. The smallest absolute Gasteiger partial charge is 0.266 e. The molecule has 2 saturated heterocycles. The van der Waals surface area contributed by atoms with Crippen LogP contribution in [0.1, 0.15) is 31.2 Å². The Hall–Kier alpha value is -1.77. The highest BCUT2D eigenvalue weighted by Gasteiger charge is 2.36. The van der Waals surface area contributed by atoms with E-state index in [-0.39, 0.29) is 31.0 Å². The molecular formula is C19H21FN2O3S2. The van der Waals surface area contributed by atoms with Gasteiger partial charge in [-0.15, -0.1) is 0 Å². The van der Waals surface area contributed by atoms with Crippen LogP contribution >= 0.6 is 24.0 Å². The summed E-state index contributed by atoms with van der Waals surface area (Å²) in [6, 6.07) is 6.19. The predicted octanol–water partition coefficient (Wildman–Crippen LogP) is 2.79. The number of carbonyl (C=O) groups is 2. The molecule has 0 aromatic heterocycles. The van der Waals surface area contributed by atoms with E-state index >= 15 is 0 Å². The van der Waals surface area contributed by atoms with E-state index in [2.05, 4.69) is 0 Å². The summed E-state index contributed by atoms with van der Waals surface area (Å²) in [4.78, 5) is 28.8. The fourth-order valence-electron chi connectivity index (χ4n) is 3.37. The number of thioether (sulfide) groups is 1. The first-order valence-electron chi connectivity index (χ1n) is 8.91. The van der Waals surface area contributed by atoms with Gasteiger partial charge in [0.05, 0.1) is 4.91 Å². The summed E-state index contributed by atoms with van der Waals surface area (Å²) in [5.74, 6) is -0.965. The van der Waals surface area contributed by atoms with Gasteiger partial charge in [-0.05, 0) is 37.8 Å². The Kier molecular flexibility index (Phi) is 6.62. The van der Waals surface area contributed by atoms with E-state index in [0.29, 0.717) is 27.8 Å². The van der Waals surface area contributed by atoms with Crippen LogP contribution in [0.25, 0.3) is 6.08 Å². The van der Waals surface area contributed by atoms with Crippen LogP contribution in [0.4, 0.5) is 4.39 Å². The van der Waals surface area contributed by atoms with Gasteiger partial charge in [-0.1, -0.05) is 42.2 Å². The van der Waals surface area contributed by atoms with Crippen molar-refractivity contribution in [1.29, 1.82) is 0 Å². The Morgan fingerprint density at radius 2 is 2.15 bits per heavy atom. The van der Waals surface area contributed by atoms with Crippen molar-refractivity contribution in [3.05, 3.63) is 40.6 Å². The molecule has 8 heteroatoms. The topological polar surface area (TPSA) is 60.9 Å². The lowest BCUT2D eigenvalue weighted by Crippen LogP contribution is -2.49. The van der Waals surface area contributed by atoms with Crippen LogP contribution < -0.4 is 0 Å². The van der Waals surface area contributed by atoms with Gasteiger partial charge in [-0.25, -0.2) is 4.39 Å². The molecule has 1 unspecified atom stereocenters. The molecule has 2 aliphatic heterocycles. The lowest BCUT2D eigenvalue weighted by atomic mass is 9.99. The molecule has 1 aromatic rings. The molecule has 3 rings (SSSR count). The van der Waals surface area contributed by atoms with Crippen molar-refractivity contribution in [3.8, 4) is 0 Å². The number of rotatable bonds is 5. The van der Waals surface area contributed by atoms with E-state index in [4.69, 9.17) is 12.2 Å². The molecule has 1 atom stereocenters. The first-order chi connectivity index (χ1) is 13.0. The number of carbonyl (C=O) groups excluding carboxylic acids is 2. The summed E-state index contributed by atoms with van der Waals surface area (Å²) in [6.07, 6.45) is 4.81. The van der Waals surface area contributed by atoms with Crippen molar-refractivity contribution >= 4 is 46.2 Å². The van der Waals surface area contributed by atoms with Gasteiger partial charge in [-0.2, -0.15) is 0 Å². The minimum atomic E-state index is -0.418. The number of hydrogen-bond acceptors (Lipinski definition) is 5. The Balaban J connectivity index is 1.72. The van der Waals surface area contributed by atoms with Crippen LogP contribution in [0.3, 0.4) is 0 Å². The Bertz CT molecular complexity index is 782. The molecule has 0 bridgehead atoms. The van der Waals surface area contributed by atoms with Gasteiger partial charge in [0.1, 0.15) is 16.7 Å². The number of likely N-dealkylation sites (tertiary alicyclic amines) is 1. The summed E-state index contributed by atoms with van der Waals surface area (Å²) in [6.45, 7) is 0.533. The maximum Gasteiger partial charge on any atom is 0.266 e. The fraction of sp³-hybridized carbons (Fsp3) is 0.421. The molecule has 0 radical (unpaired) electrons. The average molecular weight is 409 g/mol. The number of nitrogens with zero attached hydrogens (tertiary/aromatic N) is 2. The number of aliphatic hydroxyl groups excluding tert-OH is 1. The molecule has 144 valence electrons. The molecule has 1 N–H and O–H groups in total. The molecule has 1 aromatic carbocycles. The van der Waals surface area contributed by atoms with Crippen molar-refractivity contribution in [1.82, 2.24) is 9.80 Å². The number of aliphatic hydroxyl groups is 1. The van der Waals surface area contributed by atoms with Crippen LogP contribution in [0.2, 0.25) is 0 Å². The van der Waals surface area contributed by atoms with Gasteiger partial charge in [-0.3, -0.25) is 14.5 Å². The van der Waals surface area contributed by atoms with Crippen LogP contribution in [0.5, 0.6) is 0 Å². The van der Waals surface area contributed by atoms with E-state index < -0.39 is 5.82 Å². The van der Waals surface area contributed by atoms with Crippen molar-refractivity contribution in [2.75, 3.05) is 19.7 Å². The molecule has 5 nitrogen and oxygen atoms in total. The second-order valence-electron chi connectivity index (χ2n) is 6.54. The predicted molar refractivity (Wildman–Crippen MR) is 107 cm³/mol. The van der Waals surface area contributed by atoms with Gasteiger partial charge in [0.15, 0.2) is 0 Å². The maximum absolute atomic E-state index is 13.8. The van der Waals surface area contributed by atoms with Crippen molar-refractivity contribution in [2.45, 2.75) is 31.7 Å². The molecular weight excluding hydrogens is 387 g/mol. The normalized spacial score (nSPS) is 22.0. The minimum absolute atomic E-state index is 0.00334. The SMILES string of the molecule is O=C1/C(=C/c2ccccc2F)SC(=S)N1CC(=O)N1CCCCC1CCO. The summed E-state index contributed by atoms with van der Waals surface area (Å²) < 4.78 is 14.1. The number of thiocarbonyl (C=S) groups is 1. The third-order valence-corrected chi connectivity index (χ3v) is 6.15. The summed E-state index contributed by atoms with van der Waals surface area (Å²) in [5.41, 5.74) is 0.309. The summed E-state index contributed by atoms with van der Waals surface area (Å²) in [5, 5.41) is 9.22. The van der Waals surface area contributed by atoms with Gasteiger partial charge in [0, 0.05) is 24.8 Å². The van der Waals surface area contributed by atoms with E-state index in [9.17, 15) is 19.1 Å². The lowest BCUT2D eigenvalue weighted by Gasteiger charge is -2.36. The molecule has 2 fully saturated rings. The van der Waals surface area contributed by atoms with Crippen LogP contribution in [0.15, 0.2) is 29.2 Å². The monoisotopic (exact) mass is 408 g/mol. The van der Waals surface area contributed by atoms with E-state index in [1.54, 1.807) is 23.1 Å². The molecule has 0 spiro atoms. The second-order valence-corrected chi connectivity index (χ2v) is 8.21. The van der Waals surface area contributed by atoms with Gasteiger partial charge in [0.25, 0.3) is 5.91 Å². The molecule has 2 aliphatic rings. The Morgan fingerprint density at radius 1 is 1.37 bits per heavy atom. The molecule has 0 saturated carbocycles. The standard InChI is InChI=1S/C19H21FN2O3S2/c20-15-7-2-1-5-13(15)11-16-18(25)22(19(26)27-16)12-17(24)21-9-4-3-6-14(21)8-10-23/h1-2,5,7,11,14,23H,3-4,6,8-10,12H2/b16-11-. The van der Waals surface area contributed by atoms with Gasteiger partial charge >= 0.3 is 0 Å². The minimum Gasteiger partial charge on any atom is -0.396 e. The summed E-state index contributed by atoms with van der Waals surface area (Å²) >= 11 is 6.34. The van der Waals surface area contributed by atoms with Gasteiger partial charge < -0.3 is 10.0 Å². The third kappa shape index (κ3) is 4.56. The average Bonchev–Trinajstić information content (AvgIpc) is 2.92. The highest BCUT2D eigenvalue weighted by molar-refractivity contribution is 8.26. The van der Waals surface area contributed by atoms with Crippen molar-refractivity contribution in [2.24, 2.45) is 0 Å². The molecule has 2 heterocycles. The highest BCUT2D eigenvalue weighted by Crippen LogP contribution is 2.33. The number of piperidine rings is 1. The van der Waals surface area contributed by atoms with E-state index in [0.717, 1.165) is 31.0 Å². The molecule has 27 heavy (non-hydrogen) atoms. The maximum atomic E-state index is 13.8. The zero-order valence-corrected chi connectivity index (χ0v) is 16.4. The quantitative estimate of drug-likeness (QED) is 0.600. The van der Waals surface area contributed by atoms with Crippen LogP contribution in [0, 0.1) is 5.82 Å². The largest absolute Gasteiger partial charge is 0.396 e. The van der Waals surface area contributed by atoms with Gasteiger partial charge in [0.2, 0.25) is 5.91 Å². The zero-order valence-electron chi connectivity index (χ0n) is 14.8. The third-order valence-electron chi connectivity index (χ3n) is 4.77. The zero-order chi connectivity index (χ0) is 19.4. The van der Waals surface area contributed by atoms with Crippen LogP contribution in [-0.2, 0) is 9.59 Å². The molecule has 2 amide bonds. The Labute approximate surface area is 167 Å². The van der Waals surface area contributed by atoms with E-state index in [1.807, 2.05) is 0 Å². The number of halogens is 1. The van der Waals surface area contributed by atoms with Crippen LogP contribution in [-0.4, -0.2) is 56.8 Å². The van der Waals surface area contributed by atoms with E-state index in [1.165, 1.54) is 17.0 Å². The molecule has 0 aliphatic carbocycles. The fourth-order valence-corrected chi connectivity index (χ4v) is 4.62. The Morgan fingerprint density at radius 3 is 2.89 bits per heavy atom. The number of benzene rings is 1. The first-order valence-corrected chi connectivity index (χ1v) is 10.1. The number of amides is 2. The second kappa shape index (κ2) is 8.95. The van der Waals surface area contributed by atoms with Crippen molar-refractivity contribution in [3.63, 3.8) is 0 Å². The highest BCUT2D eigenvalue weighted by atomic mass is 32.2. The van der Waals surface area contributed by atoms with Crippen molar-refractivity contribution < 1.29 is 19.1 Å². The number of hydrogen-bond donors (Lipinski definition) is 1. The summed E-state index contributed by atoms with van der Waals surface area (Å²) in [7, 11) is 0.